The molecule has 0 bridgehead atoms. The van der Waals surface area contributed by atoms with E-state index >= 15 is 0 Å². The summed E-state index contributed by atoms with van der Waals surface area (Å²) < 4.78 is 25.5. The van der Waals surface area contributed by atoms with E-state index in [1.54, 1.807) is 31.4 Å². The van der Waals surface area contributed by atoms with Crippen LogP contribution >= 0.6 is 39.1 Å². The molecule has 28 heavy (non-hydrogen) atoms. The topological polar surface area (TPSA) is 30.5 Å². The van der Waals surface area contributed by atoms with Gasteiger partial charge in [0.15, 0.2) is 11.5 Å². The minimum atomic E-state index is -0.282. The number of hydrogen-bond acceptors (Lipinski definition) is 3. The smallest absolute Gasteiger partial charge is 0.167 e. The highest BCUT2D eigenvalue weighted by Gasteiger charge is 2.15. The SMILES string of the molecule is COc1ccc(Br)c(CNc2ccc(Cl)c(Cl)c2)c1OCc1ccc(F)cc1. The molecule has 0 atom stereocenters. The second-order valence-electron chi connectivity index (χ2n) is 5.95. The Bertz CT molecular complexity index is 967. The van der Waals surface area contributed by atoms with E-state index < -0.39 is 0 Å². The van der Waals surface area contributed by atoms with Gasteiger partial charge in [-0.15, -0.1) is 0 Å². The summed E-state index contributed by atoms with van der Waals surface area (Å²) in [5.74, 6) is 0.931. The van der Waals surface area contributed by atoms with Crippen LogP contribution in [0.4, 0.5) is 10.1 Å². The summed E-state index contributed by atoms with van der Waals surface area (Å²) in [5.41, 5.74) is 2.56. The first-order valence-corrected chi connectivity index (χ1v) is 9.94. The van der Waals surface area contributed by atoms with Crippen LogP contribution in [0.25, 0.3) is 0 Å². The Labute approximate surface area is 181 Å². The van der Waals surface area contributed by atoms with Crippen LogP contribution in [0.5, 0.6) is 11.5 Å². The van der Waals surface area contributed by atoms with Crippen molar-refractivity contribution in [3.05, 3.63) is 86.1 Å². The lowest BCUT2D eigenvalue weighted by atomic mass is 10.1. The molecule has 3 nitrogen and oxygen atoms in total. The van der Waals surface area contributed by atoms with Gasteiger partial charge in [0.1, 0.15) is 12.4 Å². The van der Waals surface area contributed by atoms with Crippen LogP contribution in [0.3, 0.4) is 0 Å². The Morgan fingerprint density at radius 1 is 1.00 bits per heavy atom. The van der Waals surface area contributed by atoms with Crippen molar-refractivity contribution in [1.82, 2.24) is 0 Å². The van der Waals surface area contributed by atoms with Crippen LogP contribution in [0.1, 0.15) is 11.1 Å². The number of methoxy groups -OCH3 is 1. The van der Waals surface area contributed by atoms with Crippen molar-refractivity contribution >= 4 is 44.8 Å². The molecular weight excluding hydrogens is 468 g/mol. The lowest BCUT2D eigenvalue weighted by Gasteiger charge is -2.18. The first-order valence-electron chi connectivity index (χ1n) is 8.39. The molecule has 0 aromatic heterocycles. The largest absolute Gasteiger partial charge is 0.493 e. The third kappa shape index (κ3) is 5.10. The summed E-state index contributed by atoms with van der Waals surface area (Å²) in [4.78, 5) is 0. The van der Waals surface area contributed by atoms with Gasteiger partial charge in [0, 0.05) is 22.3 Å². The van der Waals surface area contributed by atoms with Crippen molar-refractivity contribution in [2.24, 2.45) is 0 Å². The maximum Gasteiger partial charge on any atom is 0.167 e. The second-order valence-corrected chi connectivity index (χ2v) is 7.62. The summed E-state index contributed by atoms with van der Waals surface area (Å²) in [6.45, 7) is 0.751. The summed E-state index contributed by atoms with van der Waals surface area (Å²) in [6.07, 6.45) is 0. The van der Waals surface area contributed by atoms with Crippen molar-refractivity contribution in [3.8, 4) is 11.5 Å². The molecule has 0 saturated heterocycles. The van der Waals surface area contributed by atoms with E-state index in [4.69, 9.17) is 32.7 Å². The molecule has 146 valence electrons. The fourth-order valence-corrected chi connectivity index (χ4v) is 3.35. The summed E-state index contributed by atoms with van der Waals surface area (Å²) in [5, 5.41) is 4.28. The van der Waals surface area contributed by atoms with Gasteiger partial charge >= 0.3 is 0 Å². The Hall–Kier alpha value is -1.95. The Morgan fingerprint density at radius 2 is 1.75 bits per heavy atom. The zero-order chi connectivity index (χ0) is 20.1. The number of nitrogens with one attached hydrogen (secondary N) is 1. The van der Waals surface area contributed by atoms with Gasteiger partial charge in [-0.05, 0) is 48.0 Å². The van der Waals surface area contributed by atoms with E-state index in [0.29, 0.717) is 28.1 Å². The van der Waals surface area contributed by atoms with Crippen molar-refractivity contribution < 1.29 is 13.9 Å². The quantitative estimate of drug-likeness (QED) is 0.388. The van der Waals surface area contributed by atoms with E-state index in [1.165, 1.54) is 12.1 Å². The van der Waals surface area contributed by atoms with Gasteiger partial charge in [-0.3, -0.25) is 0 Å². The number of halogens is 4. The number of ether oxygens (including phenoxy) is 2. The molecule has 0 radical (unpaired) electrons. The standard InChI is InChI=1S/C21H17BrCl2FNO2/c1-27-20-9-7-17(22)16(11-26-15-6-8-18(23)19(24)10-15)21(20)28-12-13-2-4-14(25)5-3-13/h2-10,26H,11-12H2,1H3. The Kier molecular flexibility index (Phi) is 7.05. The van der Waals surface area contributed by atoms with E-state index in [2.05, 4.69) is 21.2 Å². The second kappa shape index (κ2) is 9.50. The van der Waals surface area contributed by atoms with Crippen molar-refractivity contribution in [1.29, 1.82) is 0 Å². The molecule has 0 aliphatic carbocycles. The first kappa shape index (κ1) is 20.8. The van der Waals surface area contributed by atoms with Gasteiger partial charge in [0.05, 0.1) is 17.2 Å². The molecule has 0 amide bonds. The summed E-state index contributed by atoms with van der Waals surface area (Å²) in [6, 6.07) is 15.3. The van der Waals surface area contributed by atoms with E-state index in [0.717, 1.165) is 21.3 Å². The molecule has 0 fully saturated rings. The van der Waals surface area contributed by atoms with Crippen molar-refractivity contribution in [2.45, 2.75) is 13.2 Å². The molecule has 0 spiro atoms. The molecule has 3 aromatic rings. The predicted octanol–water partition coefficient (Wildman–Crippen LogP) is 7.09. The summed E-state index contributed by atoms with van der Waals surface area (Å²) in [7, 11) is 1.59. The summed E-state index contributed by atoms with van der Waals surface area (Å²) >= 11 is 15.6. The molecule has 0 unspecified atom stereocenters. The molecule has 1 N–H and O–H groups in total. The molecular formula is C21H17BrCl2FNO2. The molecule has 0 aliphatic heterocycles. The highest BCUT2D eigenvalue weighted by atomic mass is 79.9. The van der Waals surface area contributed by atoms with Gasteiger partial charge in [-0.25, -0.2) is 4.39 Å². The Morgan fingerprint density at radius 3 is 2.43 bits per heavy atom. The number of hydrogen-bond donors (Lipinski definition) is 1. The predicted molar refractivity (Wildman–Crippen MR) is 115 cm³/mol. The van der Waals surface area contributed by atoms with Gasteiger partial charge in [-0.2, -0.15) is 0 Å². The lowest BCUT2D eigenvalue weighted by Crippen LogP contribution is -2.06. The molecule has 0 heterocycles. The van der Waals surface area contributed by atoms with Gasteiger partial charge in [0.25, 0.3) is 0 Å². The third-order valence-electron chi connectivity index (χ3n) is 4.07. The fourth-order valence-electron chi connectivity index (χ4n) is 2.60. The highest BCUT2D eigenvalue weighted by Crippen LogP contribution is 2.37. The van der Waals surface area contributed by atoms with Crippen LogP contribution in [0.2, 0.25) is 10.0 Å². The van der Waals surface area contributed by atoms with Crippen molar-refractivity contribution in [2.75, 3.05) is 12.4 Å². The fraction of sp³-hybridized carbons (Fsp3) is 0.143. The first-order chi connectivity index (χ1) is 13.5. The average Bonchev–Trinajstić information content (AvgIpc) is 2.69. The molecule has 7 heteroatoms. The van der Waals surface area contributed by atoms with Gasteiger partial charge < -0.3 is 14.8 Å². The number of anilines is 1. The number of benzene rings is 3. The van der Waals surface area contributed by atoms with Crippen LogP contribution in [-0.2, 0) is 13.2 Å². The molecule has 3 rings (SSSR count). The number of rotatable bonds is 7. The van der Waals surface area contributed by atoms with Gasteiger partial charge in [-0.1, -0.05) is 51.3 Å². The molecule has 0 saturated carbocycles. The zero-order valence-corrected chi connectivity index (χ0v) is 18.0. The van der Waals surface area contributed by atoms with E-state index in [-0.39, 0.29) is 12.4 Å². The normalized spacial score (nSPS) is 10.6. The van der Waals surface area contributed by atoms with Crippen LogP contribution in [-0.4, -0.2) is 7.11 Å². The van der Waals surface area contributed by atoms with E-state index in [1.807, 2.05) is 18.2 Å². The van der Waals surface area contributed by atoms with Crippen LogP contribution < -0.4 is 14.8 Å². The molecule has 3 aromatic carbocycles. The van der Waals surface area contributed by atoms with Crippen molar-refractivity contribution in [3.63, 3.8) is 0 Å². The van der Waals surface area contributed by atoms with Crippen LogP contribution in [0, 0.1) is 5.82 Å². The third-order valence-corrected chi connectivity index (χ3v) is 5.55. The van der Waals surface area contributed by atoms with Gasteiger partial charge in [0.2, 0.25) is 0 Å². The minimum Gasteiger partial charge on any atom is -0.493 e. The monoisotopic (exact) mass is 483 g/mol. The maximum absolute atomic E-state index is 13.1. The van der Waals surface area contributed by atoms with Crippen LogP contribution in [0.15, 0.2) is 59.1 Å². The molecule has 0 aliphatic rings. The lowest BCUT2D eigenvalue weighted by molar-refractivity contribution is 0.281. The highest BCUT2D eigenvalue weighted by molar-refractivity contribution is 9.10. The van der Waals surface area contributed by atoms with E-state index in [9.17, 15) is 4.39 Å². The Balaban J connectivity index is 1.82. The minimum absolute atomic E-state index is 0.282. The zero-order valence-electron chi connectivity index (χ0n) is 14.9. The average molecular weight is 485 g/mol. The maximum atomic E-state index is 13.1.